The van der Waals surface area contributed by atoms with Crippen molar-refractivity contribution in [1.82, 2.24) is 10.6 Å². The summed E-state index contributed by atoms with van der Waals surface area (Å²) >= 11 is 0. The molecular formula is C14H18N2O3. The predicted octanol–water partition coefficient (Wildman–Crippen LogP) is 0.576. The van der Waals surface area contributed by atoms with Gasteiger partial charge >= 0.3 is 0 Å². The molecule has 1 saturated heterocycles. The SMILES string of the molecule is CC1NC(=O)CCC1NC(=O)c1cccc(CO)c1. The molecule has 19 heavy (non-hydrogen) atoms. The molecule has 1 fully saturated rings. The van der Waals surface area contributed by atoms with Crippen LogP contribution >= 0.6 is 0 Å². The highest BCUT2D eigenvalue weighted by molar-refractivity contribution is 5.94. The van der Waals surface area contributed by atoms with E-state index in [0.717, 1.165) is 0 Å². The second-order valence-electron chi connectivity index (χ2n) is 4.83. The molecule has 0 saturated carbocycles. The Labute approximate surface area is 112 Å². The van der Waals surface area contributed by atoms with Crippen molar-refractivity contribution in [2.24, 2.45) is 0 Å². The monoisotopic (exact) mass is 262 g/mol. The Bertz CT molecular complexity index is 487. The number of benzene rings is 1. The van der Waals surface area contributed by atoms with Crippen LogP contribution in [0.5, 0.6) is 0 Å². The van der Waals surface area contributed by atoms with E-state index in [1.165, 1.54) is 0 Å². The first-order valence-electron chi connectivity index (χ1n) is 6.40. The highest BCUT2D eigenvalue weighted by atomic mass is 16.3. The molecular weight excluding hydrogens is 244 g/mol. The average molecular weight is 262 g/mol. The number of rotatable bonds is 3. The zero-order valence-corrected chi connectivity index (χ0v) is 10.8. The van der Waals surface area contributed by atoms with Crippen LogP contribution in [0, 0.1) is 0 Å². The van der Waals surface area contributed by atoms with Crippen LogP contribution in [0.25, 0.3) is 0 Å². The summed E-state index contributed by atoms with van der Waals surface area (Å²) in [5, 5.41) is 14.8. The zero-order chi connectivity index (χ0) is 13.8. The molecule has 1 aliphatic rings. The Balaban J connectivity index is 2.02. The summed E-state index contributed by atoms with van der Waals surface area (Å²) in [5.41, 5.74) is 1.23. The molecule has 2 unspecified atom stereocenters. The highest BCUT2D eigenvalue weighted by Crippen LogP contribution is 2.11. The number of piperidine rings is 1. The van der Waals surface area contributed by atoms with Crippen LogP contribution in [-0.4, -0.2) is 29.0 Å². The summed E-state index contributed by atoms with van der Waals surface area (Å²) in [4.78, 5) is 23.3. The summed E-state index contributed by atoms with van der Waals surface area (Å²) in [6, 6.07) is 6.77. The van der Waals surface area contributed by atoms with Crippen LogP contribution in [0.15, 0.2) is 24.3 Å². The van der Waals surface area contributed by atoms with Crippen molar-refractivity contribution >= 4 is 11.8 Å². The molecule has 0 aliphatic carbocycles. The Morgan fingerprint density at radius 1 is 1.53 bits per heavy atom. The van der Waals surface area contributed by atoms with Crippen LogP contribution in [0.1, 0.15) is 35.7 Å². The van der Waals surface area contributed by atoms with Gasteiger partial charge in [-0.2, -0.15) is 0 Å². The second kappa shape index (κ2) is 5.84. The van der Waals surface area contributed by atoms with E-state index in [9.17, 15) is 9.59 Å². The molecule has 0 bridgehead atoms. The van der Waals surface area contributed by atoms with Crippen LogP contribution in [-0.2, 0) is 11.4 Å². The third-order valence-corrected chi connectivity index (χ3v) is 3.36. The molecule has 102 valence electrons. The topological polar surface area (TPSA) is 78.4 Å². The lowest BCUT2D eigenvalue weighted by Crippen LogP contribution is -2.53. The van der Waals surface area contributed by atoms with Gasteiger partial charge in [-0.05, 0) is 31.0 Å². The van der Waals surface area contributed by atoms with E-state index in [1.807, 2.05) is 6.92 Å². The lowest BCUT2D eigenvalue weighted by atomic mass is 9.99. The van der Waals surface area contributed by atoms with Crippen molar-refractivity contribution in [2.45, 2.75) is 38.5 Å². The molecule has 1 aliphatic heterocycles. The normalized spacial score (nSPS) is 22.7. The van der Waals surface area contributed by atoms with Crippen LogP contribution < -0.4 is 10.6 Å². The molecule has 2 amide bonds. The summed E-state index contributed by atoms with van der Waals surface area (Å²) in [6.07, 6.45) is 1.09. The highest BCUT2D eigenvalue weighted by Gasteiger charge is 2.26. The maximum absolute atomic E-state index is 12.1. The third-order valence-electron chi connectivity index (χ3n) is 3.36. The van der Waals surface area contributed by atoms with Crippen molar-refractivity contribution in [2.75, 3.05) is 0 Å². The van der Waals surface area contributed by atoms with Crippen molar-refractivity contribution < 1.29 is 14.7 Å². The first-order valence-corrected chi connectivity index (χ1v) is 6.40. The van der Waals surface area contributed by atoms with Crippen molar-refractivity contribution in [3.63, 3.8) is 0 Å². The first-order chi connectivity index (χ1) is 9.10. The average Bonchev–Trinajstić information content (AvgIpc) is 2.42. The maximum Gasteiger partial charge on any atom is 0.251 e. The number of hydrogen-bond acceptors (Lipinski definition) is 3. The van der Waals surface area contributed by atoms with Gasteiger partial charge in [-0.3, -0.25) is 9.59 Å². The number of carbonyl (C=O) groups excluding carboxylic acids is 2. The fourth-order valence-electron chi connectivity index (χ4n) is 2.22. The minimum absolute atomic E-state index is 0.0280. The van der Waals surface area contributed by atoms with Gasteiger partial charge in [0.15, 0.2) is 0 Å². The van der Waals surface area contributed by atoms with E-state index in [2.05, 4.69) is 10.6 Å². The maximum atomic E-state index is 12.1. The quantitative estimate of drug-likeness (QED) is 0.745. The van der Waals surface area contributed by atoms with Crippen LogP contribution in [0.2, 0.25) is 0 Å². The molecule has 3 N–H and O–H groups in total. The standard InChI is InChI=1S/C14H18N2O3/c1-9-12(5-6-13(18)15-9)16-14(19)11-4-2-3-10(7-11)8-17/h2-4,7,9,12,17H,5-6,8H2,1H3,(H,15,18)(H,16,19). The lowest BCUT2D eigenvalue weighted by Gasteiger charge is -2.30. The predicted molar refractivity (Wildman–Crippen MR) is 70.5 cm³/mol. The van der Waals surface area contributed by atoms with Gasteiger partial charge in [0.05, 0.1) is 6.61 Å². The molecule has 1 aromatic rings. The fourth-order valence-corrected chi connectivity index (χ4v) is 2.22. The van der Waals surface area contributed by atoms with Crippen molar-refractivity contribution in [3.05, 3.63) is 35.4 Å². The lowest BCUT2D eigenvalue weighted by molar-refractivity contribution is -0.123. The number of nitrogens with one attached hydrogen (secondary N) is 2. The summed E-state index contributed by atoms with van der Waals surface area (Å²) in [7, 11) is 0. The molecule has 1 heterocycles. The molecule has 5 nitrogen and oxygen atoms in total. The zero-order valence-electron chi connectivity index (χ0n) is 10.8. The van der Waals surface area contributed by atoms with Crippen LogP contribution in [0.3, 0.4) is 0 Å². The number of amides is 2. The third kappa shape index (κ3) is 3.32. The molecule has 2 atom stereocenters. The summed E-state index contributed by atoms with van der Waals surface area (Å²) < 4.78 is 0. The molecule has 1 aromatic carbocycles. The van der Waals surface area contributed by atoms with Crippen LogP contribution in [0.4, 0.5) is 0 Å². The van der Waals surface area contributed by atoms with E-state index in [0.29, 0.717) is 24.0 Å². The van der Waals surface area contributed by atoms with Gasteiger partial charge in [-0.15, -0.1) is 0 Å². The fraction of sp³-hybridized carbons (Fsp3) is 0.429. The van der Waals surface area contributed by atoms with E-state index >= 15 is 0 Å². The van der Waals surface area contributed by atoms with Gasteiger partial charge in [0.25, 0.3) is 5.91 Å². The van der Waals surface area contributed by atoms with Gasteiger partial charge < -0.3 is 15.7 Å². The second-order valence-corrected chi connectivity index (χ2v) is 4.83. The molecule has 0 radical (unpaired) electrons. The smallest absolute Gasteiger partial charge is 0.251 e. The Morgan fingerprint density at radius 2 is 2.32 bits per heavy atom. The van der Waals surface area contributed by atoms with Gasteiger partial charge in [-0.1, -0.05) is 12.1 Å². The van der Waals surface area contributed by atoms with Crippen molar-refractivity contribution in [1.29, 1.82) is 0 Å². The van der Waals surface area contributed by atoms with E-state index in [-0.39, 0.29) is 30.5 Å². The molecule has 2 rings (SSSR count). The van der Waals surface area contributed by atoms with E-state index in [1.54, 1.807) is 24.3 Å². The van der Waals surface area contributed by atoms with Gasteiger partial charge in [-0.25, -0.2) is 0 Å². The largest absolute Gasteiger partial charge is 0.392 e. The Hall–Kier alpha value is -1.88. The number of aliphatic hydroxyl groups is 1. The molecule has 5 heteroatoms. The van der Waals surface area contributed by atoms with E-state index < -0.39 is 0 Å². The summed E-state index contributed by atoms with van der Waals surface area (Å²) in [6.45, 7) is 1.79. The Morgan fingerprint density at radius 3 is 3.00 bits per heavy atom. The summed E-state index contributed by atoms with van der Waals surface area (Å²) in [5.74, 6) is -0.149. The van der Waals surface area contributed by atoms with E-state index in [4.69, 9.17) is 5.11 Å². The Kier molecular flexibility index (Phi) is 4.16. The first kappa shape index (κ1) is 13.5. The van der Waals surface area contributed by atoms with Gasteiger partial charge in [0, 0.05) is 24.1 Å². The molecule has 0 spiro atoms. The van der Waals surface area contributed by atoms with Gasteiger partial charge in [0.1, 0.15) is 0 Å². The minimum atomic E-state index is -0.178. The number of aliphatic hydroxyl groups excluding tert-OH is 1. The molecule has 0 aromatic heterocycles. The number of carbonyl (C=O) groups is 2. The van der Waals surface area contributed by atoms with Crippen molar-refractivity contribution in [3.8, 4) is 0 Å². The number of hydrogen-bond donors (Lipinski definition) is 3. The minimum Gasteiger partial charge on any atom is -0.392 e. The van der Waals surface area contributed by atoms with Gasteiger partial charge in [0.2, 0.25) is 5.91 Å².